The molecule has 0 aromatic heterocycles. The van der Waals surface area contributed by atoms with E-state index in [9.17, 15) is 18.3 Å². The molecule has 0 aliphatic carbocycles. The van der Waals surface area contributed by atoms with Gasteiger partial charge >= 0.3 is 45.6 Å². The van der Waals surface area contributed by atoms with Gasteiger partial charge in [-0.2, -0.15) is 8.42 Å². The second kappa shape index (κ2) is 15.9. The van der Waals surface area contributed by atoms with Crippen LogP contribution in [0, 0.1) is 0 Å². The van der Waals surface area contributed by atoms with Gasteiger partial charge in [0, 0.05) is 6.42 Å². The van der Waals surface area contributed by atoms with E-state index in [0.29, 0.717) is 12.8 Å². The molecule has 5 nitrogen and oxygen atoms in total. The van der Waals surface area contributed by atoms with Crippen LogP contribution in [0.5, 0.6) is 0 Å². The van der Waals surface area contributed by atoms with Crippen LogP contribution in [0.1, 0.15) is 84.5 Å². The van der Waals surface area contributed by atoms with Gasteiger partial charge < -0.3 is 9.29 Å². The van der Waals surface area contributed by atoms with E-state index >= 15 is 0 Å². The molecule has 7 heteroatoms. The molecule has 0 radical (unpaired) electrons. The molecule has 1 unspecified atom stereocenters. The fourth-order valence-corrected chi connectivity index (χ4v) is 3.29. The topological polar surface area (TPSA) is 80.7 Å². The fourth-order valence-electron chi connectivity index (χ4n) is 2.15. The van der Waals surface area contributed by atoms with Gasteiger partial charge in [0.05, 0.1) is 6.10 Å². The van der Waals surface area contributed by atoms with Crippen LogP contribution < -0.4 is 0 Å². The van der Waals surface area contributed by atoms with Gasteiger partial charge in [-0.15, -0.1) is 0 Å². The first-order valence-corrected chi connectivity index (χ1v) is 10.1. The third-order valence-corrected chi connectivity index (χ3v) is 4.80. The predicted octanol–water partition coefficient (Wildman–Crippen LogP) is 2.90. The first-order valence-electron chi connectivity index (χ1n) is 8.54. The van der Waals surface area contributed by atoms with Crippen molar-refractivity contribution in [2.75, 3.05) is 5.75 Å². The first kappa shape index (κ1) is 25.6. The number of aliphatic hydroxyl groups is 1. The van der Waals surface area contributed by atoms with Crippen molar-refractivity contribution in [1.29, 1.82) is 0 Å². The van der Waals surface area contributed by atoms with Gasteiger partial charge in [-0.1, -0.05) is 65.2 Å². The molecule has 0 aliphatic heterocycles. The molecular weight excluding hydrogens is 327 g/mol. The number of hydrogen-bond acceptors (Lipinski definition) is 5. The van der Waals surface area contributed by atoms with Crippen LogP contribution in [-0.2, 0) is 19.1 Å². The summed E-state index contributed by atoms with van der Waals surface area (Å²) < 4.78 is 27.4. The molecule has 0 aromatic carbocycles. The molecular formula is C16H33NaO5S. The maximum atomic E-state index is 11.5. The van der Waals surface area contributed by atoms with E-state index in [1.165, 1.54) is 38.5 Å². The van der Waals surface area contributed by atoms with Crippen LogP contribution in [0.25, 0.3) is 0 Å². The van der Waals surface area contributed by atoms with Crippen LogP contribution in [0.15, 0.2) is 0 Å². The molecule has 0 aromatic rings. The minimum atomic E-state index is -3.95. The average molecular weight is 360 g/mol. The molecule has 23 heavy (non-hydrogen) atoms. The summed E-state index contributed by atoms with van der Waals surface area (Å²) >= 11 is 0. The van der Waals surface area contributed by atoms with E-state index in [1.807, 2.05) is 0 Å². The summed E-state index contributed by atoms with van der Waals surface area (Å²) in [6, 6.07) is 0. The molecule has 1 N–H and O–H groups in total. The third-order valence-electron chi connectivity index (χ3n) is 3.57. The molecule has 0 bridgehead atoms. The zero-order valence-corrected chi connectivity index (χ0v) is 14.9. The maximum absolute atomic E-state index is 11.5. The summed E-state index contributed by atoms with van der Waals surface area (Å²) in [5.74, 6) is -1.24. The third kappa shape index (κ3) is 17.0. The van der Waals surface area contributed by atoms with Gasteiger partial charge in [0.1, 0.15) is 5.75 Å². The zero-order valence-electron chi connectivity index (χ0n) is 14.1. The summed E-state index contributed by atoms with van der Waals surface area (Å²) in [5.41, 5.74) is 0. The van der Waals surface area contributed by atoms with Crippen molar-refractivity contribution in [3.8, 4) is 0 Å². The van der Waals surface area contributed by atoms with Crippen molar-refractivity contribution < 1.29 is 22.5 Å². The van der Waals surface area contributed by atoms with Crippen LogP contribution in [0.2, 0.25) is 0 Å². The van der Waals surface area contributed by atoms with Crippen LogP contribution in [0.4, 0.5) is 0 Å². The predicted molar refractivity (Wildman–Crippen MR) is 95.2 cm³/mol. The van der Waals surface area contributed by atoms with Gasteiger partial charge in [-0.3, -0.25) is 4.79 Å². The van der Waals surface area contributed by atoms with E-state index in [0.717, 1.165) is 12.8 Å². The number of carbonyl (C=O) groups is 1. The normalized spacial score (nSPS) is 12.5. The van der Waals surface area contributed by atoms with Crippen molar-refractivity contribution >= 4 is 45.6 Å². The zero-order chi connectivity index (χ0) is 16.8. The van der Waals surface area contributed by atoms with Crippen LogP contribution in [0.3, 0.4) is 0 Å². The summed E-state index contributed by atoms with van der Waals surface area (Å²) in [7, 11) is -3.95. The second-order valence-corrected chi connectivity index (χ2v) is 7.44. The van der Waals surface area contributed by atoms with Gasteiger partial charge in [-0.25, -0.2) is 0 Å². The van der Waals surface area contributed by atoms with Gasteiger partial charge in [0.25, 0.3) is 0 Å². The Balaban J connectivity index is 0. The van der Waals surface area contributed by atoms with Gasteiger partial charge in [-0.05, 0) is 12.8 Å². The Kier molecular flexibility index (Phi) is 17.7. The molecule has 0 aliphatic rings. The number of unbranched alkanes of at least 4 members (excludes halogenated alkanes) is 8. The fraction of sp³-hybridized carbons (Fsp3) is 0.938. The van der Waals surface area contributed by atoms with Gasteiger partial charge in [0.15, 0.2) is 0 Å². The molecule has 0 spiro atoms. The Bertz CT molecular complexity index is 384. The number of carbonyl (C=O) groups excluding carboxylic acids is 1. The van der Waals surface area contributed by atoms with Crippen LogP contribution >= 0.6 is 0 Å². The van der Waals surface area contributed by atoms with Crippen molar-refractivity contribution in [2.24, 2.45) is 0 Å². The van der Waals surface area contributed by atoms with Crippen molar-refractivity contribution in [3.05, 3.63) is 0 Å². The quantitative estimate of drug-likeness (QED) is 0.293. The van der Waals surface area contributed by atoms with E-state index in [4.69, 9.17) is 0 Å². The van der Waals surface area contributed by atoms with E-state index in [2.05, 4.69) is 11.1 Å². The number of aliphatic hydroxyl groups excluding tert-OH is 1. The molecule has 0 rings (SSSR count). The standard InChI is InChI=1S/C16H32O5S.Na.H/c1-3-5-6-7-8-9-10-11-12-13-16(18)21-22(19,20)14-15(17)4-2;;/h15,17H,3-14H2,1-2H3;;. The number of hydrogen-bond donors (Lipinski definition) is 1. The summed E-state index contributed by atoms with van der Waals surface area (Å²) in [6.45, 7) is 3.87. The van der Waals surface area contributed by atoms with Gasteiger partial charge in [0.2, 0.25) is 0 Å². The summed E-state index contributed by atoms with van der Waals surface area (Å²) in [5, 5.41) is 9.29. The Labute approximate surface area is 164 Å². The first-order chi connectivity index (χ1) is 10.4. The number of rotatable bonds is 14. The van der Waals surface area contributed by atoms with Crippen molar-refractivity contribution in [2.45, 2.75) is 90.6 Å². The Morgan fingerprint density at radius 3 is 1.91 bits per heavy atom. The Morgan fingerprint density at radius 2 is 1.43 bits per heavy atom. The summed E-state index contributed by atoms with van der Waals surface area (Å²) in [4.78, 5) is 11.5. The molecule has 0 saturated heterocycles. The Hall–Kier alpha value is 0.380. The molecule has 1 atom stereocenters. The molecule has 0 amide bonds. The SMILES string of the molecule is CCCCCCCCCCCC(=O)OS(=O)(=O)CC(O)CC.[NaH]. The van der Waals surface area contributed by atoms with Crippen molar-refractivity contribution in [1.82, 2.24) is 0 Å². The minimum absolute atomic E-state index is 0. The second-order valence-electron chi connectivity index (χ2n) is 5.82. The van der Waals surface area contributed by atoms with E-state index in [-0.39, 0.29) is 36.0 Å². The monoisotopic (exact) mass is 360 g/mol. The van der Waals surface area contributed by atoms with Crippen molar-refractivity contribution in [3.63, 3.8) is 0 Å². The summed E-state index contributed by atoms with van der Waals surface area (Å²) in [6.07, 6.45) is 9.61. The molecule has 0 fully saturated rings. The van der Waals surface area contributed by atoms with E-state index in [1.54, 1.807) is 6.92 Å². The molecule has 0 saturated carbocycles. The van der Waals surface area contributed by atoms with E-state index < -0.39 is 27.9 Å². The molecule has 134 valence electrons. The average Bonchev–Trinajstić information content (AvgIpc) is 2.44. The van der Waals surface area contributed by atoms with Crippen LogP contribution in [-0.4, -0.2) is 60.9 Å². The molecule has 0 heterocycles. The Morgan fingerprint density at radius 1 is 0.957 bits per heavy atom.